The summed E-state index contributed by atoms with van der Waals surface area (Å²) in [5.74, 6) is 4.79. The van der Waals surface area contributed by atoms with Crippen LogP contribution in [0.25, 0.3) is 0 Å². The molecular weight excluding hydrogens is 234 g/mol. The molecule has 19 heavy (non-hydrogen) atoms. The summed E-state index contributed by atoms with van der Waals surface area (Å²) in [6.45, 7) is 7.00. The maximum atomic E-state index is 6.17. The Morgan fingerprint density at radius 1 is 1.26 bits per heavy atom. The van der Waals surface area contributed by atoms with Crippen LogP contribution in [0.15, 0.2) is 0 Å². The lowest BCUT2D eigenvalue weighted by Crippen LogP contribution is -2.07. The lowest BCUT2D eigenvalue weighted by atomic mass is 10.1. The first-order chi connectivity index (χ1) is 9.11. The summed E-state index contributed by atoms with van der Waals surface area (Å²) in [5, 5.41) is 0. The first kappa shape index (κ1) is 15.6. The standard InChI is InChI=1S/C16H27N3/c1-5-7-8-9-10-11-14-15(17)19(12-6-2)16(18-14)13(3)4/h2,13H,5,7-12,17H2,1,3-4H3. The predicted octanol–water partition coefficient (Wildman–Crippen LogP) is 3.73. The molecule has 1 aromatic heterocycles. The summed E-state index contributed by atoms with van der Waals surface area (Å²) in [4.78, 5) is 4.69. The minimum absolute atomic E-state index is 0.351. The molecule has 1 aromatic rings. The van der Waals surface area contributed by atoms with Crippen LogP contribution in [0.3, 0.4) is 0 Å². The Bertz CT molecular complexity index is 424. The molecule has 0 saturated heterocycles. The molecule has 2 N–H and O–H groups in total. The van der Waals surface area contributed by atoms with E-state index in [1.54, 1.807) is 0 Å². The number of nitrogens with zero attached hydrogens (tertiary/aromatic N) is 2. The number of anilines is 1. The highest BCUT2D eigenvalue weighted by Gasteiger charge is 2.15. The van der Waals surface area contributed by atoms with Gasteiger partial charge in [0, 0.05) is 5.92 Å². The third-order valence-electron chi connectivity index (χ3n) is 3.40. The molecule has 0 aliphatic rings. The van der Waals surface area contributed by atoms with Crippen molar-refractivity contribution < 1.29 is 0 Å². The van der Waals surface area contributed by atoms with Crippen LogP contribution in [-0.2, 0) is 13.0 Å². The summed E-state index contributed by atoms with van der Waals surface area (Å²) in [6, 6.07) is 0. The minimum Gasteiger partial charge on any atom is -0.384 e. The van der Waals surface area contributed by atoms with Gasteiger partial charge in [-0.05, 0) is 12.8 Å². The largest absolute Gasteiger partial charge is 0.384 e. The number of imidazole rings is 1. The van der Waals surface area contributed by atoms with Gasteiger partial charge >= 0.3 is 0 Å². The van der Waals surface area contributed by atoms with Gasteiger partial charge in [-0.2, -0.15) is 0 Å². The van der Waals surface area contributed by atoms with Crippen LogP contribution < -0.4 is 5.73 Å². The van der Waals surface area contributed by atoms with Gasteiger partial charge < -0.3 is 10.3 Å². The number of terminal acetylenes is 1. The first-order valence-corrected chi connectivity index (χ1v) is 7.40. The second-order valence-corrected chi connectivity index (χ2v) is 5.41. The van der Waals surface area contributed by atoms with E-state index in [0.29, 0.717) is 12.5 Å². The van der Waals surface area contributed by atoms with Crippen molar-refractivity contribution in [1.29, 1.82) is 0 Å². The lowest BCUT2D eigenvalue weighted by Gasteiger charge is -2.08. The predicted molar refractivity (Wildman–Crippen MR) is 82.0 cm³/mol. The van der Waals surface area contributed by atoms with Gasteiger partial charge in [-0.25, -0.2) is 4.98 Å². The fourth-order valence-corrected chi connectivity index (χ4v) is 2.31. The van der Waals surface area contributed by atoms with Crippen molar-refractivity contribution in [2.24, 2.45) is 0 Å². The highest BCUT2D eigenvalue weighted by atomic mass is 15.1. The van der Waals surface area contributed by atoms with Crippen LogP contribution in [0.4, 0.5) is 5.82 Å². The van der Waals surface area contributed by atoms with E-state index in [0.717, 1.165) is 30.2 Å². The third-order valence-corrected chi connectivity index (χ3v) is 3.40. The van der Waals surface area contributed by atoms with E-state index in [2.05, 4.69) is 31.7 Å². The number of aromatic nitrogens is 2. The quantitative estimate of drug-likeness (QED) is 0.572. The van der Waals surface area contributed by atoms with Crippen molar-refractivity contribution in [3.63, 3.8) is 0 Å². The summed E-state index contributed by atoms with van der Waals surface area (Å²) >= 11 is 0. The highest BCUT2D eigenvalue weighted by Crippen LogP contribution is 2.22. The Labute approximate surface area is 117 Å². The average Bonchev–Trinajstić information content (AvgIpc) is 2.68. The number of nitrogens with two attached hydrogens (primary N) is 1. The molecule has 0 bridgehead atoms. The zero-order valence-electron chi connectivity index (χ0n) is 12.6. The normalized spacial score (nSPS) is 10.9. The Hall–Kier alpha value is -1.43. The van der Waals surface area contributed by atoms with Gasteiger partial charge in [-0.15, -0.1) is 6.42 Å². The van der Waals surface area contributed by atoms with Crippen LogP contribution >= 0.6 is 0 Å². The molecular formula is C16H27N3. The van der Waals surface area contributed by atoms with Crippen molar-refractivity contribution in [3.05, 3.63) is 11.5 Å². The molecule has 0 fully saturated rings. The van der Waals surface area contributed by atoms with Crippen LogP contribution in [-0.4, -0.2) is 9.55 Å². The van der Waals surface area contributed by atoms with Crippen molar-refractivity contribution in [2.45, 2.75) is 71.8 Å². The lowest BCUT2D eigenvalue weighted by molar-refractivity contribution is 0.628. The van der Waals surface area contributed by atoms with Crippen LogP contribution in [0.1, 0.15) is 70.3 Å². The van der Waals surface area contributed by atoms with Gasteiger partial charge in [0.25, 0.3) is 0 Å². The summed E-state index contributed by atoms with van der Waals surface area (Å²) < 4.78 is 1.98. The monoisotopic (exact) mass is 261 g/mol. The molecule has 1 rings (SSSR count). The SMILES string of the molecule is C#CCn1c(C(C)C)nc(CCCCCCC)c1N. The van der Waals surface area contributed by atoms with Crippen molar-refractivity contribution in [3.8, 4) is 12.3 Å². The molecule has 0 atom stereocenters. The summed E-state index contributed by atoms with van der Waals surface area (Å²) in [6.07, 6.45) is 12.7. The molecule has 0 unspecified atom stereocenters. The topological polar surface area (TPSA) is 43.8 Å². The molecule has 0 aliphatic heterocycles. The summed E-state index contributed by atoms with van der Waals surface area (Å²) in [5.41, 5.74) is 7.20. The summed E-state index contributed by atoms with van der Waals surface area (Å²) in [7, 11) is 0. The molecule has 0 spiro atoms. The number of nitrogen functional groups attached to an aromatic ring is 1. The van der Waals surface area contributed by atoms with Crippen molar-refractivity contribution >= 4 is 5.82 Å². The van der Waals surface area contributed by atoms with Gasteiger partial charge in [-0.3, -0.25) is 0 Å². The van der Waals surface area contributed by atoms with Crippen LogP contribution in [0.2, 0.25) is 0 Å². The van der Waals surface area contributed by atoms with E-state index < -0.39 is 0 Å². The minimum atomic E-state index is 0.351. The number of aryl methyl sites for hydroxylation is 1. The zero-order valence-corrected chi connectivity index (χ0v) is 12.6. The van der Waals surface area contributed by atoms with Crippen molar-refractivity contribution in [2.75, 3.05) is 5.73 Å². The zero-order chi connectivity index (χ0) is 14.3. The Kier molecular flexibility index (Phi) is 6.49. The number of rotatable bonds is 8. The second-order valence-electron chi connectivity index (χ2n) is 5.41. The molecule has 0 amide bonds. The van der Waals surface area contributed by atoms with Gasteiger partial charge in [-0.1, -0.05) is 52.4 Å². The molecule has 0 aliphatic carbocycles. The molecule has 3 nitrogen and oxygen atoms in total. The third kappa shape index (κ3) is 4.31. The van der Waals surface area contributed by atoms with Gasteiger partial charge in [0.2, 0.25) is 0 Å². The van der Waals surface area contributed by atoms with E-state index >= 15 is 0 Å². The van der Waals surface area contributed by atoms with E-state index in [1.165, 1.54) is 25.7 Å². The van der Waals surface area contributed by atoms with E-state index in [9.17, 15) is 0 Å². The molecule has 3 heteroatoms. The fraction of sp³-hybridized carbons (Fsp3) is 0.688. The highest BCUT2D eigenvalue weighted by molar-refractivity contribution is 5.39. The average molecular weight is 261 g/mol. The second kappa shape index (κ2) is 7.89. The van der Waals surface area contributed by atoms with Gasteiger partial charge in [0.1, 0.15) is 11.6 Å². The Balaban J connectivity index is 2.68. The van der Waals surface area contributed by atoms with Gasteiger partial charge in [0.05, 0.1) is 12.2 Å². The molecule has 106 valence electrons. The molecule has 0 aromatic carbocycles. The fourth-order valence-electron chi connectivity index (χ4n) is 2.31. The number of hydrogen-bond acceptors (Lipinski definition) is 2. The van der Waals surface area contributed by atoms with Crippen molar-refractivity contribution in [1.82, 2.24) is 9.55 Å². The molecule has 0 radical (unpaired) electrons. The first-order valence-electron chi connectivity index (χ1n) is 7.40. The maximum Gasteiger partial charge on any atom is 0.127 e. The van der Waals surface area contributed by atoms with Crippen LogP contribution in [0.5, 0.6) is 0 Å². The number of hydrogen-bond donors (Lipinski definition) is 1. The maximum absolute atomic E-state index is 6.17. The number of unbranched alkanes of at least 4 members (excludes halogenated alkanes) is 4. The smallest absolute Gasteiger partial charge is 0.127 e. The Morgan fingerprint density at radius 3 is 2.53 bits per heavy atom. The van der Waals surface area contributed by atoms with E-state index in [1.807, 2.05) is 4.57 Å². The molecule has 1 heterocycles. The Morgan fingerprint density at radius 2 is 1.95 bits per heavy atom. The van der Waals surface area contributed by atoms with E-state index in [4.69, 9.17) is 12.2 Å². The van der Waals surface area contributed by atoms with Gasteiger partial charge in [0.15, 0.2) is 0 Å². The van der Waals surface area contributed by atoms with Crippen LogP contribution in [0, 0.1) is 12.3 Å². The van der Waals surface area contributed by atoms with E-state index in [-0.39, 0.29) is 0 Å². The molecule has 0 saturated carbocycles.